The molecule has 0 spiro atoms. The summed E-state index contributed by atoms with van der Waals surface area (Å²) in [6.45, 7) is 2.19. The second kappa shape index (κ2) is 9.82. The van der Waals surface area contributed by atoms with Crippen LogP contribution in [0, 0.1) is 5.92 Å². The van der Waals surface area contributed by atoms with Gasteiger partial charge in [0.25, 0.3) is 5.91 Å². The van der Waals surface area contributed by atoms with Gasteiger partial charge >= 0.3 is 0 Å². The van der Waals surface area contributed by atoms with E-state index >= 15 is 0 Å². The summed E-state index contributed by atoms with van der Waals surface area (Å²) in [6.07, 6.45) is 4.98. The lowest BCUT2D eigenvalue weighted by molar-refractivity contribution is 0.0788. The molecule has 2 aliphatic rings. The Morgan fingerprint density at radius 1 is 1.06 bits per heavy atom. The van der Waals surface area contributed by atoms with Crippen LogP contribution in [0.2, 0.25) is 0 Å². The van der Waals surface area contributed by atoms with Crippen LogP contribution < -0.4 is 5.73 Å². The highest BCUT2D eigenvalue weighted by Gasteiger charge is 2.32. The molecule has 4 nitrogen and oxygen atoms in total. The number of pyridine rings is 1. The molecule has 6 heteroatoms. The van der Waals surface area contributed by atoms with Crippen molar-refractivity contribution in [3.63, 3.8) is 0 Å². The molecule has 3 aromatic rings. The van der Waals surface area contributed by atoms with E-state index in [1.165, 1.54) is 11.1 Å². The Kier molecular flexibility index (Phi) is 7.37. The molecule has 0 bridgehead atoms. The zero-order chi connectivity index (χ0) is 19.8. The highest BCUT2D eigenvalue weighted by atomic mass is 35.5. The van der Waals surface area contributed by atoms with Crippen molar-refractivity contribution in [2.45, 2.75) is 19.3 Å². The first-order chi connectivity index (χ1) is 14.2. The molecule has 1 aliphatic heterocycles. The van der Waals surface area contributed by atoms with E-state index < -0.39 is 0 Å². The fourth-order valence-electron chi connectivity index (χ4n) is 4.64. The molecule has 31 heavy (non-hydrogen) atoms. The summed E-state index contributed by atoms with van der Waals surface area (Å²) < 4.78 is 0. The van der Waals surface area contributed by atoms with Crippen LogP contribution in [0.5, 0.6) is 0 Å². The number of hydrogen-bond donors (Lipinski definition) is 1. The Morgan fingerprint density at radius 2 is 1.81 bits per heavy atom. The average molecular weight is 456 g/mol. The summed E-state index contributed by atoms with van der Waals surface area (Å²) in [6, 6.07) is 18.4. The topological polar surface area (TPSA) is 59.2 Å². The predicted octanol–water partition coefficient (Wildman–Crippen LogP) is 4.99. The minimum atomic E-state index is 0. The number of likely N-dealkylation sites (tertiary alicyclic amines) is 1. The van der Waals surface area contributed by atoms with Crippen LogP contribution >= 0.6 is 24.8 Å². The summed E-state index contributed by atoms with van der Waals surface area (Å²) in [5.41, 5.74) is 12.1. The Morgan fingerprint density at radius 3 is 2.55 bits per heavy atom. The minimum absolute atomic E-state index is 0. The molecular formula is C25H27Cl2N3O. The van der Waals surface area contributed by atoms with Gasteiger partial charge in [0.05, 0.1) is 16.8 Å². The van der Waals surface area contributed by atoms with Crippen LogP contribution in [0.3, 0.4) is 0 Å². The maximum Gasteiger partial charge on any atom is 0.254 e. The molecule has 2 heterocycles. The molecule has 2 N–H and O–H groups in total. The number of rotatable bonds is 3. The number of benzene rings is 2. The molecule has 1 aromatic heterocycles. The molecule has 1 saturated heterocycles. The van der Waals surface area contributed by atoms with Gasteiger partial charge in [0, 0.05) is 18.5 Å². The second-order valence-electron chi connectivity index (χ2n) is 8.05. The lowest BCUT2D eigenvalue weighted by Gasteiger charge is -2.20. The normalized spacial score (nSPS) is 18.5. The summed E-state index contributed by atoms with van der Waals surface area (Å²) in [5, 5.41) is 0.966. The van der Waals surface area contributed by atoms with E-state index in [0.29, 0.717) is 12.5 Å². The van der Waals surface area contributed by atoms with E-state index in [4.69, 9.17) is 10.7 Å². The second-order valence-corrected chi connectivity index (χ2v) is 8.05. The smallest absolute Gasteiger partial charge is 0.254 e. The highest BCUT2D eigenvalue weighted by molar-refractivity contribution is 6.09. The molecule has 5 rings (SSSR count). The molecule has 0 radical (unpaired) electrons. The molecular weight excluding hydrogens is 429 g/mol. The van der Waals surface area contributed by atoms with Gasteiger partial charge in [0.1, 0.15) is 0 Å². The number of nitrogens with two attached hydrogens (primary N) is 1. The number of halogens is 2. The van der Waals surface area contributed by atoms with Crippen molar-refractivity contribution in [3.05, 3.63) is 77.0 Å². The largest absolute Gasteiger partial charge is 0.338 e. The summed E-state index contributed by atoms with van der Waals surface area (Å²) in [7, 11) is 0. The van der Waals surface area contributed by atoms with E-state index in [0.717, 1.165) is 60.1 Å². The summed E-state index contributed by atoms with van der Waals surface area (Å²) in [5.74, 6) is 0.547. The van der Waals surface area contributed by atoms with Gasteiger partial charge in [-0.3, -0.25) is 4.79 Å². The molecule has 0 saturated carbocycles. The minimum Gasteiger partial charge on any atom is -0.338 e. The van der Waals surface area contributed by atoms with Crippen molar-refractivity contribution in [3.8, 4) is 0 Å². The molecule has 162 valence electrons. The van der Waals surface area contributed by atoms with Gasteiger partial charge in [-0.15, -0.1) is 24.8 Å². The molecule has 1 aliphatic carbocycles. The first kappa shape index (κ1) is 23.3. The fourth-order valence-corrected chi connectivity index (χ4v) is 4.64. The highest BCUT2D eigenvalue weighted by Crippen LogP contribution is 2.38. The molecule has 1 amide bonds. The van der Waals surface area contributed by atoms with Gasteiger partial charge in [-0.05, 0) is 60.6 Å². The lowest BCUT2D eigenvalue weighted by Crippen LogP contribution is -2.31. The zero-order valence-electron chi connectivity index (χ0n) is 17.3. The SMILES string of the molecule is Cl.Cl.NCC1CCN(C(=O)c2c3c(nc4ccccc24)/C(=C\c2ccccc2)CC3)C1. The predicted molar refractivity (Wildman–Crippen MR) is 132 cm³/mol. The van der Waals surface area contributed by atoms with Crippen LogP contribution in [-0.4, -0.2) is 35.4 Å². The standard InChI is InChI=1S/C25H25N3O.2ClH/c26-15-18-12-13-28(16-18)25(29)23-20-8-4-5-9-22(20)27-24-19(10-11-21(23)24)14-17-6-2-1-3-7-17;;/h1-9,14,18H,10-13,15-16,26H2;2*1H/b19-14-;;. The van der Waals surface area contributed by atoms with Gasteiger partial charge in [-0.25, -0.2) is 4.98 Å². The third-order valence-corrected chi connectivity index (χ3v) is 6.20. The number of nitrogens with zero attached hydrogens (tertiary/aromatic N) is 2. The van der Waals surface area contributed by atoms with Crippen molar-refractivity contribution < 1.29 is 4.79 Å². The van der Waals surface area contributed by atoms with Gasteiger partial charge in [0.15, 0.2) is 0 Å². The van der Waals surface area contributed by atoms with Crippen LogP contribution in [0.25, 0.3) is 22.6 Å². The van der Waals surface area contributed by atoms with Crippen LogP contribution in [0.15, 0.2) is 54.6 Å². The number of para-hydroxylation sites is 1. The van der Waals surface area contributed by atoms with E-state index in [9.17, 15) is 4.79 Å². The number of amides is 1. The summed E-state index contributed by atoms with van der Waals surface area (Å²) >= 11 is 0. The molecule has 1 atom stereocenters. The Labute approximate surface area is 195 Å². The van der Waals surface area contributed by atoms with E-state index in [2.05, 4.69) is 18.2 Å². The number of hydrogen-bond acceptors (Lipinski definition) is 3. The van der Waals surface area contributed by atoms with Gasteiger partial charge < -0.3 is 10.6 Å². The van der Waals surface area contributed by atoms with Crippen LogP contribution in [-0.2, 0) is 6.42 Å². The number of allylic oxidation sites excluding steroid dienone is 1. The Balaban J connectivity index is 0.00000136. The fraction of sp³-hybridized carbons (Fsp3) is 0.280. The zero-order valence-corrected chi connectivity index (χ0v) is 18.9. The quantitative estimate of drug-likeness (QED) is 0.605. The number of carbonyl (C=O) groups excluding carboxylic acids is 1. The van der Waals surface area contributed by atoms with Crippen molar-refractivity contribution in [2.24, 2.45) is 11.7 Å². The number of aromatic nitrogens is 1. The third-order valence-electron chi connectivity index (χ3n) is 6.20. The average Bonchev–Trinajstić information content (AvgIpc) is 3.40. The maximum absolute atomic E-state index is 13.6. The molecule has 1 fully saturated rings. The number of fused-ring (bicyclic) bond motifs is 2. The Hall–Kier alpha value is -2.40. The lowest BCUT2D eigenvalue weighted by atomic mass is 9.99. The van der Waals surface area contributed by atoms with E-state index in [1.54, 1.807) is 0 Å². The van der Waals surface area contributed by atoms with Crippen LogP contribution in [0.1, 0.15) is 40.0 Å². The van der Waals surface area contributed by atoms with Crippen molar-refractivity contribution in [1.82, 2.24) is 9.88 Å². The molecule has 1 unspecified atom stereocenters. The van der Waals surface area contributed by atoms with E-state index in [1.807, 2.05) is 47.4 Å². The van der Waals surface area contributed by atoms with Gasteiger partial charge in [-0.1, -0.05) is 48.5 Å². The van der Waals surface area contributed by atoms with Crippen molar-refractivity contribution >= 4 is 53.3 Å². The van der Waals surface area contributed by atoms with Crippen molar-refractivity contribution in [1.29, 1.82) is 0 Å². The first-order valence-corrected chi connectivity index (χ1v) is 10.4. The third kappa shape index (κ3) is 4.33. The number of carbonyl (C=O) groups is 1. The molecule has 2 aromatic carbocycles. The van der Waals surface area contributed by atoms with Crippen molar-refractivity contribution in [2.75, 3.05) is 19.6 Å². The maximum atomic E-state index is 13.6. The Bertz CT molecular complexity index is 1110. The van der Waals surface area contributed by atoms with E-state index in [-0.39, 0.29) is 30.7 Å². The van der Waals surface area contributed by atoms with Crippen LogP contribution in [0.4, 0.5) is 0 Å². The first-order valence-electron chi connectivity index (χ1n) is 10.4. The summed E-state index contributed by atoms with van der Waals surface area (Å²) in [4.78, 5) is 20.5. The monoisotopic (exact) mass is 455 g/mol. The van der Waals surface area contributed by atoms with Gasteiger partial charge in [-0.2, -0.15) is 0 Å². The van der Waals surface area contributed by atoms with Gasteiger partial charge in [0.2, 0.25) is 0 Å².